The molecule has 2 aromatic carbocycles. The Hall–Kier alpha value is -2.13. The van der Waals surface area contributed by atoms with Crippen LogP contribution in [-0.2, 0) is 16.9 Å². The molecule has 5 rings (SSSR count). The van der Waals surface area contributed by atoms with E-state index in [0.29, 0.717) is 11.6 Å². The molecule has 1 spiro atoms. The Balaban J connectivity index is 0.00000218. The van der Waals surface area contributed by atoms with E-state index in [0.717, 1.165) is 64.2 Å². The lowest BCUT2D eigenvalue weighted by Gasteiger charge is -2.45. The van der Waals surface area contributed by atoms with Crippen LogP contribution in [0.1, 0.15) is 42.4 Å². The first-order valence-corrected chi connectivity index (χ1v) is 10.6. The number of benzene rings is 2. The molecular formula is C24H27ClFN3O. The first kappa shape index (κ1) is 21.1. The molecule has 2 heterocycles. The number of nitrogens with zero attached hydrogens (tertiary/aromatic N) is 3. The standard InChI is InChI=1S/C24H26FN3O.ClH/c25-20-6-5-18(16-26)23(15-20)28-13-11-27(12-14-28)21-7-9-24(10-8-21)22-4-2-1-3-19(22)17-29-24;/h1-6,15,21H,7-14,17H2;1H. The van der Waals surface area contributed by atoms with Crippen molar-refractivity contribution in [2.75, 3.05) is 31.1 Å². The van der Waals surface area contributed by atoms with E-state index in [2.05, 4.69) is 40.1 Å². The summed E-state index contributed by atoms with van der Waals surface area (Å²) in [6, 6.07) is 15.9. The van der Waals surface area contributed by atoms with E-state index < -0.39 is 0 Å². The zero-order chi connectivity index (χ0) is 19.8. The monoisotopic (exact) mass is 427 g/mol. The lowest BCUT2D eigenvalue weighted by molar-refractivity contribution is -0.0777. The topological polar surface area (TPSA) is 39.5 Å². The lowest BCUT2D eigenvalue weighted by atomic mass is 9.77. The van der Waals surface area contributed by atoms with Crippen molar-refractivity contribution in [1.82, 2.24) is 4.90 Å². The van der Waals surface area contributed by atoms with Crippen molar-refractivity contribution in [2.45, 2.75) is 43.9 Å². The average Bonchev–Trinajstić information content (AvgIpc) is 3.13. The Morgan fingerprint density at radius 1 is 1.03 bits per heavy atom. The maximum atomic E-state index is 13.7. The first-order valence-electron chi connectivity index (χ1n) is 10.6. The summed E-state index contributed by atoms with van der Waals surface area (Å²) in [5, 5.41) is 9.35. The molecule has 1 saturated heterocycles. The van der Waals surface area contributed by atoms with Gasteiger partial charge in [0.25, 0.3) is 0 Å². The van der Waals surface area contributed by atoms with Crippen LogP contribution in [0.2, 0.25) is 0 Å². The molecule has 0 amide bonds. The third-order valence-electron chi connectivity index (χ3n) is 7.03. The number of nitriles is 1. The second kappa shape index (κ2) is 8.55. The van der Waals surface area contributed by atoms with E-state index in [1.807, 2.05) is 0 Å². The van der Waals surface area contributed by atoms with Crippen LogP contribution in [0.3, 0.4) is 0 Å². The predicted molar refractivity (Wildman–Crippen MR) is 117 cm³/mol. The predicted octanol–water partition coefficient (Wildman–Crippen LogP) is 4.61. The Kier molecular flexibility index (Phi) is 6.02. The van der Waals surface area contributed by atoms with Gasteiger partial charge in [0.1, 0.15) is 11.9 Å². The van der Waals surface area contributed by atoms with Gasteiger partial charge in [0.15, 0.2) is 0 Å². The van der Waals surface area contributed by atoms with Crippen LogP contribution >= 0.6 is 12.4 Å². The molecule has 2 fully saturated rings. The van der Waals surface area contributed by atoms with E-state index in [9.17, 15) is 9.65 Å². The van der Waals surface area contributed by atoms with Crippen LogP contribution in [0.25, 0.3) is 0 Å². The molecule has 0 N–H and O–H groups in total. The lowest BCUT2D eigenvalue weighted by Crippen LogP contribution is -2.52. The Labute approximate surface area is 183 Å². The summed E-state index contributed by atoms with van der Waals surface area (Å²) in [6.07, 6.45) is 4.46. The molecule has 3 aliphatic rings. The second-order valence-electron chi connectivity index (χ2n) is 8.47. The van der Waals surface area contributed by atoms with Crippen LogP contribution in [0.4, 0.5) is 10.1 Å². The minimum absolute atomic E-state index is 0. The summed E-state index contributed by atoms with van der Waals surface area (Å²) in [4.78, 5) is 4.73. The summed E-state index contributed by atoms with van der Waals surface area (Å²) in [5.74, 6) is -0.282. The van der Waals surface area contributed by atoms with Gasteiger partial charge in [-0.3, -0.25) is 4.90 Å². The number of halogens is 2. The van der Waals surface area contributed by atoms with Crippen molar-refractivity contribution in [3.05, 3.63) is 65.0 Å². The highest BCUT2D eigenvalue weighted by atomic mass is 35.5. The van der Waals surface area contributed by atoms with E-state index in [4.69, 9.17) is 4.74 Å². The second-order valence-corrected chi connectivity index (χ2v) is 8.47. The minimum Gasteiger partial charge on any atom is -0.368 e. The summed E-state index contributed by atoms with van der Waals surface area (Å²) < 4.78 is 20.0. The molecule has 30 heavy (non-hydrogen) atoms. The highest BCUT2D eigenvalue weighted by Gasteiger charge is 2.43. The minimum atomic E-state index is -0.282. The molecule has 2 aromatic rings. The van der Waals surface area contributed by atoms with Crippen LogP contribution in [-0.4, -0.2) is 37.1 Å². The normalized spacial score (nSPS) is 26.1. The molecule has 6 heteroatoms. The zero-order valence-electron chi connectivity index (χ0n) is 17.0. The van der Waals surface area contributed by atoms with Crippen LogP contribution in [0.15, 0.2) is 42.5 Å². The SMILES string of the molecule is Cl.N#Cc1ccc(F)cc1N1CCN(C2CCC3(CC2)OCc2ccccc23)CC1. The van der Waals surface area contributed by atoms with Gasteiger partial charge in [0, 0.05) is 32.2 Å². The summed E-state index contributed by atoms with van der Waals surface area (Å²) in [7, 11) is 0. The van der Waals surface area contributed by atoms with E-state index in [-0.39, 0.29) is 23.8 Å². The van der Waals surface area contributed by atoms with Gasteiger partial charge in [-0.2, -0.15) is 5.26 Å². The fourth-order valence-electron chi connectivity index (χ4n) is 5.42. The molecule has 1 aliphatic carbocycles. The molecule has 158 valence electrons. The summed E-state index contributed by atoms with van der Waals surface area (Å²) in [6.45, 7) is 4.32. The van der Waals surface area contributed by atoms with E-state index in [1.165, 1.54) is 23.3 Å². The van der Waals surface area contributed by atoms with Gasteiger partial charge >= 0.3 is 0 Å². The molecule has 0 atom stereocenters. The van der Waals surface area contributed by atoms with Crippen molar-refractivity contribution >= 4 is 18.1 Å². The zero-order valence-corrected chi connectivity index (χ0v) is 17.8. The largest absolute Gasteiger partial charge is 0.368 e. The van der Waals surface area contributed by atoms with Gasteiger partial charge in [-0.1, -0.05) is 24.3 Å². The van der Waals surface area contributed by atoms with Crippen LogP contribution < -0.4 is 4.90 Å². The smallest absolute Gasteiger partial charge is 0.125 e. The molecule has 4 nitrogen and oxygen atoms in total. The summed E-state index contributed by atoms with van der Waals surface area (Å²) >= 11 is 0. The van der Waals surface area contributed by atoms with Crippen molar-refractivity contribution in [3.8, 4) is 6.07 Å². The van der Waals surface area contributed by atoms with E-state index in [1.54, 1.807) is 6.07 Å². The average molecular weight is 428 g/mol. The fourth-order valence-corrected chi connectivity index (χ4v) is 5.42. The quantitative estimate of drug-likeness (QED) is 0.701. The maximum Gasteiger partial charge on any atom is 0.125 e. The van der Waals surface area contributed by atoms with Crippen LogP contribution in [0.5, 0.6) is 0 Å². The van der Waals surface area contributed by atoms with Crippen molar-refractivity contribution in [1.29, 1.82) is 5.26 Å². The van der Waals surface area contributed by atoms with Crippen molar-refractivity contribution in [3.63, 3.8) is 0 Å². The number of anilines is 1. The van der Waals surface area contributed by atoms with Gasteiger partial charge in [-0.05, 0) is 55.0 Å². The molecule has 0 aromatic heterocycles. The number of hydrogen-bond acceptors (Lipinski definition) is 4. The van der Waals surface area contributed by atoms with Gasteiger partial charge in [-0.15, -0.1) is 12.4 Å². The Morgan fingerprint density at radius 2 is 1.77 bits per heavy atom. The van der Waals surface area contributed by atoms with Crippen molar-refractivity contribution < 1.29 is 9.13 Å². The van der Waals surface area contributed by atoms with Gasteiger partial charge < -0.3 is 9.64 Å². The Bertz CT molecular complexity index is 944. The number of fused-ring (bicyclic) bond motifs is 2. The molecule has 0 unspecified atom stereocenters. The number of ether oxygens (including phenoxy) is 1. The maximum absolute atomic E-state index is 13.7. The van der Waals surface area contributed by atoms with Gasteiger partial charge in [0.2, 0.25) is 0 Å². The number of rotatable bonds is 2. The molecular weight excluding hydrogens is 401 g/mol. The molecule has 1 saturated carbocycles. The fraction of sp³-hybridized carbons (Fsp3) is 0.458. The third kappa shape index (κ3) is 3.69. The number of piperazine rings is 1. The molecule has 2 aliphatic heterocycles. The Morgan fingerprint density at radius 3 is 2.50 bits per heavy atom. The summed E-state index contributed by atoms with van der Waals surface area (Å²) in [5.41, 5.74) is 3.96. The van der Waals surface area contributed by atoms with E-state index >= 15 is 0 Å². The first-order chi connectivity index (χ1) is 14.2. The van der Waals surface area contributed by atoms with Gasteiger partial charge in [0.05, 0.1) is 23.5 Å². The van der Waals surface area contributed by atoms with Gasteiger partial charge in [-0.25, -0.2) is 4.39 Å². The van der Waals surface area contributed by atoms with Crippen molar-refractivity contribution in [2.24, 2.45) is 0 Å². The highest BCUT2D eigenvalue weighted by Crippen LogP contribution is 2.47. The highest BCUT2D eigenvalue weighted by molar-refractivity contribution is 5.85. The third-order valence-corrected chi connectivity index (χ3v) is 7.03. The molecule has 0 bridgehead atoms. The number of hydrogen-bond donors (Lipinski definition) is 0. The van der Waals surface area contributed by atoms with Crippen LogP contribution in [0, 0.1) is 17.1 Å². The molecule has 0 radical (unpaired) electrons.